The highest BCUT2D eigenvalue weighted by Gasteiger charge is 2.20. The van der Waals surface area contributed by atoms with Gasteiger partial charge in [-0.3, -0.25) is 0 Å². The summed E-state index contributed by atoms with van der Waals surface area (Å²) in [5, 5.41) is 18.5. The minimum absolute atomic E-state index is 0.367. The Labute approximate surface area is 78.0 Å². The number of nitriles is 1. The summed E-state index contributed by atoms with van der Waals surface area (Å²) in [7, 11) is 0. The Balaban J connectivity index is 3.02. The Morgan fingerprint density at radius 3 is 2.54 bits per heavy atom. The third-order valence-corrected chi connectivity index (χ3v) is 2.31. The second-order valence-electron chi connectivity index (χ2n) is 3.37. The van der Waals surface area contributed by atoms with Gasteiger partial charge in [-0.15, -0.1) is 0 Å². The average Bonchev–Trinajstić information content (AvgIpc) is 2.44. The SMILES string of the molecule is Cc1c[nH]c(C)c1C(O)C(C)C#N. The van der Waals surface area contributed by atoms with Gasteiger partial charge in [0.25, 0.3) is 0 Å². The van der Waals surface area contributed by atoms with Crippen LogP contribution in [0.2, 0.25) is 0 Å². The molecule has 0 fully saturated rings. The van der Waals surface area contributed by atoms with E-state index in [2.05, 4.69) is 4.98 Å². The lowest BCUT2D eigenvalue weighted by Crippen LogP contribution is -2.08. The molecular weight excluding hydrogens is 164 g/mol. The molecule has 1 heterocycles. The van der Waals surface area contributed by atoms with Crippen LogP contribution < -0.4 is 0 Å². The van der Waals surface area contributed by atoms with Gasteiger partial charge < -0.3 is 10.1 Å². The van der Waals surface area contributed by atoms with Gasteiger partial charge in [0.1, 0.15) is 0 Å². The normalized spacial score (nSPS) is 15.0. The highest BCUT2D eigenvalue weighted by atomic mass is 16.3. The molecule has 1 aromatic heterocycles. The molecule has 0 saturated carbocycles. The van der Waals surface area contributed by atoms with Crippen molar-refractivity contribution in [2.45, 2.75) is 26.9 Å². The maximum atomic E-state index is 9.80. The predicted octanol–water partition coefficient (Wildman–Crippen LogP) is 1.82. The van der Waals surface area contributed by atoms with Crippen LogP contribution in [0, 0.1) is 31.1 Å². The minimum atomic E-state index is -0.684. The highest BCUT2D eigenvalue weighted by Crippen LogP contribution is 2.26. The summed E-state index contributed by atoms with van der Waals surface area (Å²) >= 11 is 0. The molecule has 3 heteroatoms. The molecule has 0 bridgehead atoms. The van der Waals surface area contributed by atoms with E-state index in [-0.39, 0.29) is 5.92 Å². The maximum Gasteiger partial charge on any atom is 0.0965 e. The second-order valence-corrected chi connectivity index (χ2v) is 3.37. The zero-order valence-electron chi connectivity index (χ0n) is 8.13. The van der Waals surface area contributed by atoms with Crippen LogP contribution >= 0.6 is 0 Å². The Morgan fingerprint density at radius 2 is 2.15 bits per heavy atom. The van der Waals surface area contributed by atoms with Gasteiger partial charge in [-0.05, 0) is 26.3 Å². The fourth-order valence-corrected chi connectivity index (χ4v) is 1.44. The molecule has 0 saturated heterocycles. The van der Waals surface area contributed by atoms with Crippen LogP contribution in [0.1, 0.15) is 29.8 Å². The molecule has 0 aliphatic heterocycles. The molecule has 3 nitrogen and oxygen atoms in total. The summed E-state index contributed by atoms with van der Waals surface area (Å²) in [6.45, 7) is 5.54. The number of aromatic nitrogens is 1. The van der Waals surface area contributed by atoms with Crippen molar-refractivity contribution in [1.29, 1.82) is 5.26 Å². The number of aliphatic hydroxyl groups excluding tert-OH is 1. The fraction of sp³-hybridized carbons (Fsp3) is 0.500. The van der Waals surface area contributed by atoms with E-state index in [1.165, 1.54) is 0 Å². The monoisotopic (exact) mass is 178 g/mol. The number of aliphatic hydroxyl groups is 1. The van der Waals surface area contributed by atoms with E-state index in [0.29, 0.717) is 0 Å². The van der Waals surface area contributed by atoms with Gasteiger partial charge in [0.2, 0.25) is 0 Å². The van der Waals surface area contributed by atoms with E-state index in [9.17, 15) is 5.11 Å². The molecule has 0 aliphatic rings. The smallest absolute Gasteiger partial charge is 0.0965 e. The topological polar surface area (TPSA) is 59.8 Å². The average molecular weight is 178 g/mol. The van der Waals surface area contributed by atoms with Gasteiger partial charge in [0, 0.05) is 17.5 Å². The largest absolute Gasteiger partial charge is 0.387 e. The molecule has 2 atom stereocenters. The van der Waals surface area contributed by atoms with Crippen LogP contribution in [-0.4, -0.2) is 10.1 Å². The van der Waals surface area contributed by atoms with Gasteiger partial charge in [-0.25, -0.2) is 0 Å². The Bertz CT molecular complexity index is 316. The van der Waals surface area contributed by atoms with Crippen LogP contribution in [0.15, 0.2) is 6.20 Å². The number of H-pyrrole nitrogens is 1. The first-order valence-corrected chi connectivity index (χ1v) is 4.30. The lowest BCUT2D eigenvalue weighted by Gasteiger charge is -2.13. The molecule has 0 aliphatic carbocycles. The maximum absolute atomic E-state index is 9.80. The number of aryl methyl sites for hydroxylation is 2. The quantitative estimate of drug-likeness (QED) is 0.725. The first-order chi connectivity index (χ1) is 6.07. The summed E-state index contributed by atoms with van der Waals surface area (Å²) in [6, 6.07) is 2.04. The van der Waals surface area contributed by atoms with Gasteiger partial charge in [-0.1, -0.05) is 0 Å². The summed E-state index contributed by atoms with van der Waals surface area (Å²) in [6.07, 6.45) is 1.16. The number of hydrogen-bond acceptors (Lipinski definition) is 2. The van der Waals surface area contributed by atoms with Crippen molar-refractivity contribution in [2.24, 2.45) is 5.92 Å². The van der Waals surface area contributed by atoms with E-state index in [1.807, 2.05) is 26.1 Å². The molecule has 13 heavy (non-hydrogen) atoms. The summed E-state index contributed by atoms with van der Waals surface area (Å²) in [4.78, 5) is 3.03. The van der Waals surface area contributed by atoms with Crippen molar-refractivity contribution in [3.05, 3.63) is 23.0 Å². The third kappa shape index (κ3) is 1.73. The first kappa shape index (κ1) is 9.82. The summed E-state index contributed by atoms with van der Waals surface area (Å²) in [5.41, 5.74) is 2.80. The Hall–Kier alpha value is -1.27. The molecular formula is C10H14N2O. The van der Waals surface area contributed by atoms with Gasteiger partial charge >= 0.3 is 0 Å². The Kier molecular flexibility index (Phi) is 2.74. The fourth-order valence-electron chi connectivity index (χ4n) is 1.44. The Morgan fingerprint density at radius 1 is 1.54 bits per heavy atom. The molecule has 0 aromatic carbocycles. The van der Waals surface area contributed by atoms with E-state index in [1.54, 1.807) is 6.92 Å². The zero-order chi connectivity index (χ0) is 10.0. The molecule has 2 N–H and O–H groups in total. The van der Waals surface area contributed by atoms with Crippen LogP contribution in [0.3, 0.4) is 0 Å². The number of nitrogens with zero attached hydrogens (tertiary/aromatic N) is 1. The van der Waals surface area contributed by atoms with Gasteiger partial charge in [0.05, 0.1) is 18.1 Å². The van der Waals surface area contributed by atoms with E-state index < -0.39 is 6.10 Å². The van der Waals surface area contributed by atoms with Crippen molar-refractivity contribution >= 4 is 0 Å². The van der Waals surface area contributed by atoms with E-state index >= 15 is 0 Å². The standard InChI is InChI=1S/C10H14N2O/c1-6(4-11)10(13)9-7(2)5-12-8(9)3/h5-6,10,12-13H,1-3H3. The lowest BCUT2D eigenvalue weighted by molar-refractivity contribution is 0.141. The van der Waals surface area contributed by atoms with Crippen molar-refractivity contribution in [2.75, 3.05) is 0 Å². The molecule has 0 spiro atoms. The number of rotatable bonds is 2. The van der Waals surface area contributed by atoms with E-state index in [0.717, 1.165) is 16.8 Å². The van der Waals surface area contributed by atoms with Crippen LogP contribution in [0.4, 0.5) is 0 Å². The summed E-state index contributed by atoms with van der Waals surface area (Å²) < 4.78 is 0. The number of hydrogen-bond donors (Lipinski definition) is 2. The van der Waals surface area contributed by atoms with Crippen molar-refractivity contribution in [3.63, 3.8) is 0 Å². The van der Waals surface area contributed by atoms with E-state index in [4.69, 9.17) is 5.26 Å². The highest BCUT2D eigenvalue weighted by molar-refractivity contribution is 5.32. The van der Waals surface area contributed by atoms with Gasteiger partial charge in [0.15, 0.2) is 0 Å². The molecule has 1 aromatic rings. The molecule has 0 radical (unpaired) electrons. The zero-order valence-corrected chi connectivity index (χ0v) is 8.13. The molecule has 70 valence electrons. The van der Waals surface area contributed by atoms with Crippen molar-refractivity contribution < 1.29 is 5.11 Å². The minimum Gasteiger partial charge on any atom is -0.387 e. The third-order valence-electron chi connectivity index (χ3n) is 2.31. The predicted molar refractivity (Wildman–Crippen MR) is 50.0 cm³/mol. The number of nitrogens with one attached hydrogen (secondary N) is 1. The second kappa shape index (κ2) is 3.63. The lowest BCUT2D eigenvalue weighted by atomic mass is 9.96. The van der Waals surface area contributed by atoms with Crippen LogP contribution in [0.25, 0.3) is 0 Å². The van der Waals surface area contributed by atoms with Gasteiger partial charge in [-0.2, -0.15) is 5.26 Å². The molecule has 2 unspecified atom stereocenters. The van der Waals surface area contributed by atoms with Crippen molar-refractivity contribution in [3.8, 4) is 6.07 Å². The molecule has 1 rings (SSSR count). The number of aromatic amines is 1. The molecule has 0 amide bonds. The first-order valence-electron chi connectivity index (χ1n) is 4.30. The van der Waals surface area contributed by atoms with Crippen LogP contribution in [-0.2, 0) is 0 Å². The van der Waals surface area contributed by atoms with Crippen molar-refractivity contribution in [1.82, 2.24) is 4.98 Å². The summed E-state index contributed by atoms with van der Waals surface area (Å²) in [5.74, 6) is -0.367. The van der Waals surface area contributed by atoms with Crippen LogP contribution in [0.5, 0.6) is 0 Å².